The molecule has 1 atom stereocenters. The summed E-state index contributed by atoms with van der Waals surface area (Å²) in [4.78, 5) is 12.3. The van der Waals surface area contributed by atoms with E-state index in [1.807, 2.05) is 6.92 Å². The molecule has 3 heterocycles. The largest absolute Gasteiger partial charge is 0.353 e. The summed E-state index contributed by atoms with van der Waals surface area (Å²) >= 11 is 5.95. The van der Waals surface area contributed by atoms with Gasteiger partial charge < -0.3 is 4.90 Å². The molecule has 1 aliphatic heterocycles. The number of fused-ring (bicyclic) bond motifs is 1. The van der Waals surface area contributed by atoms with Gasteiger partial charge in [-0.25, -0.2) is 27.5 Å². The van der Waals surface area contributed by atoms with Gasteiger partial charge in [0.1, 0.15) is 17.5 Å². The van der Waals surface area contributed by atoms with Crippen molar-refractivity contribution in [3.63, 3.8) is 0 Å². The van der Waals surface area contributed by atoms with Crippen LogP contribution < -0.4 is 4.90 Å². The highest BCUT2D eigenvalue weighted by Crippen LogP contribution is 2.32. The van der Waals surface area contributed by atoms with Gasteiger partial charge in [0, 0.05) is 37.1 Å². The molecule has 0 aliphatic carbocycles. The number of nitrogens with zero attached hydrogens (tertiary/aromatic N) is 6. The summed E-state index contributed by atoms with van der Waals surface area (Å²) in [5.74, 6) is 1.28. The standard InChI is InChI=1S/C27H30ClFN6O2S/c1-4-5-18(2)25-30-26(24-19(3)32-35(27(24)31-25)22-10-8-21(29)9-11-22)33-14-16-34(17-15-33)38(36,37)23-12-6-20(28)7-13-23/h6-13,18H,4-5,14-17H2,1-3H3/t18-/m0/s1. The summed E-state index contributed by atoms with van der Waals surface area (Å²) in [6.07, 6.45) is 1.93. The van der Waals surface area contributed by atoms with Crippen LogP contribution in [0.25, 0.3) is 16.7 Å². The first-order valence-corrected chi connectivity index (χ1v) is 14.5. The van der Waals surface area contributed by atoms with Crippen LogP contribution in [0.15, 0.2) is 53.4 Å². The van der Waals surface area contributed by atoms with Gasteiger partial charge in [-0.1, -0.05) is 31.9 Å². The zero-order valence-corrected chi connectivity index (χ0v) is 23.2. The van der Waals surface area contributed by atoms with Crippen LogP contribution in [-0.2, 0) is 10.0 Å². The van der Waals surface area contributed by atoms with Crippen molar-refractivity contribution in [2.75, 3.05) is 31.1 Å². The number of sulfonamides is 1. The highest BCUT2D eigenvalue weighted by Gasteiger charge is 2.31. The lowest BCUT2D eigenvalue weighted by Gasteiger charge is -2.35. The first-order valence-electron chi connectivity index (χ1n) is 12.7. The van der Waals surface area contributed by atoms with E-state index in [-0.39, 0.29) is 16.6 Å². The summed E-state index contributed by atoms with van der Waals surface area (Å²) in [5.41, 5.74) is 2.13. The van der Waals surface area contributed by atoms with Crippen molar-refractivity contribution in [1.82, 2.24) is 24.1 Å². The minimum Gasteiger partial charge on any atom is -0.353 e. The van der Waals surface area contributed by atoms with Gasteiger partial charge in [-0.3, -0.25) is 0 Å². The summed E-state index contributed by atoms with van der Waals surface area (Å²) in [6.45, 7) is 7.73. The van der Waals surface area contributed by atoms with Gasteiger partial charge in [-0.05, 0) is 61.9 Å². The Morgan fingerprint density at radius 3 is 2.29 bits per heavy atom. The molecule has 11 heteroatoms. The SMILES string of the molecule is CCC[C@H](C)c1nc(N2CCN(S(=O)(=O)c3ccc(Cl)cc3)CC2)c2c(C)nn(-c3ccc(F)cc3)c2n1. The van der Waals surface area contributed by atoms with E-state index in [4.69, 9.17) is 26.7 Å². The number of piperazine rings is 1. The van der Waals surface area contributed by atoms with E-state index in [0.29, 0.717) is 48.4 Å². The average Bonchev–Trinajstić information content (AvgIpc) is 3.25. The molecule has 0 N–H and O–H groups in total. The number of aromatic nitrogens is 4. The first kappa shape index (κ1) is 26.5. The highest BCUT2D eigenvalue weighted by atomic mass is 35.5. The molecular formula is C27H30ClFN6O2S. The van der Waals surface area contributed by atoms with Crippen LogP contribution in [0.5, 0.6) is 0 Å². The molecule has 5 rings (SSSR count). The molecule has 0 bridgehead atoms. The molecule has 0 unspecified atom stereocenters. The fourth-order valence-corrected chi connectivity index (χ4v) is 6.40. The Kier molecular flexibility index (Phi) is 7.39. The lowest BCUT2D eigenvalue weighted by atomic mass is 10.1. The smallest absolute Gasteiger partial charge is 0.243 e. The minimum absolute atomic E-state index is 0.131. The predicted molar refractivity (Wildman–Crippen MR) is 147 cm³/mol. The Labute approximate surface area is 227 Å². The summed E-state index contributed by atoms with van der Waals surface area (Å²) in [5, 5.41) is 6.05. The molecule has 0 spiro atoms. The Bertz CT molecular complexity index is 1550. The van der Waals surface area contributed by atoms with E-state index in [1.165, 1.54) is 28.6 Å². The molecule has 1 saturated heterocycles. The molecule has 1 fully saturated rings. The van der Waals surface area contributed by atoms with Crippen molar-refractivity contribution < 1.29 is 12.8 Å². The van der Waals surface area contributed by atoms with E-state index in [2.05, 4.69) is 18.7 Å². The van der Waals surface area contributed by atoms with Crippen molar-refractivity contribution in [2.24, 2.45) is 0 Å². The molecule has 4 aromatic rings. The normalized spacial score (nSPS) is 15.8. The van der Waals surface area contributed by atoms with E-state index < -0.39 is 10.0 Å². The monoisotopic (exact) mass is 556 g/mol. The number of hydrogen-bond acceptors (Lipinski definition) is 6. The molecule has 200 valence electrons. The Balaban J connectivity index is 1.51. The lowest BCUT2D eigenvalue weighted by molar-refractivity contribution is 0.384. The molecule has 8 nitrogen and oxygen atoms in total. The van der Waals surface area contributed by atoms with Gasteiger partial charge in [-0.15, -0.1) is 0 Å². The summed E-state index contributed by atoms with van der Waals surface area (Å²) in [7, 11) is -3.63. The number of benzene rings is 2. The molecule has 38 heavy (non-hydrogen) atoms. The maximum atomic E-state index is 13.6. The second kappa shape index (κ2) is 10.6. The maximum absolute atomic E-state index is 13.6. The number of hydrogen-bond donors (Lipinski definition) is 0. The van der Waals surface area contributed by atoms with Crippen molar-refractivity contribution in [3.05, 3.63) is 70.9 Å². The fraction of sp³-hybridized carbons (Fsp3) is 0.370. The number of aryl methyl sites for hydroxylation is 1. The van der Waals surface area contributed by atoms with Gasteiger partial charge >= 0.3 is 0 Å². The molecule has 0 radical (unpaired) electrons. The quantitative estimate of drug-likeness (QED) is 0.306. The van der Waals surface area contributed by atoms with Crippen molar-refractivity contribution in [2.45, 2.75) is 44.4 Å². The van der Waals surface area contributed by atoms with Crippen LogP contribution in [0.1, 0.15) is 44.1 Å². The Morgan fingerprint density at radius 1 is 1.00 bits per heavy atom. The van der Waals surface area contributed by atoms with Gasteiger partial charge in [0.25, 0.3) is 0 Å². The molecule has 2 aromatic carbocycles. The third-order valence-corrected chi connectivity index (χ3v) is 9.09. The number of halogens is 2. The summed E-state index contributed by atoms with van der Waals surface area (Å²) < 4.78 is 43.3. The zero-order valence-electron chi connectivity index (χ0n) is 21.6. The van der Waals surface area contributed by atoms with Gasteiger partial charge in [0.15, 0.2) is 5.65 Å². The predicted octanol–water partition coefficient (Wildman–Crippen LogP) is 5.33. The van der Waals surface area contributed by atoms with Crippen molar-refractivity contribution in [3.8, 4) is 5.69 Å². The summed E-state index contributed by atoms with van der Waals surface area (Å²) in [6, 6.07) is 12.4. The van der Waals surface area contributed by atoms with Crippen LogP contribution in [0, 0.1) is 12.7 Å². The fourth-order valence-electron chi connectivity index (χ4n) is 4.85. The van der Waals surface area contributed by atoms with E-state index in [0.717, 1.165) is 29.7 Å². The Hall–Kier alpha value is -3.08. The second-order valence-corrected chi connectivity index (χ2v) is 12.0. The third-order valence-electron chi connectivity index (χ3n) is 6.92. The van der Waals surface area contributed by atoms with Crippen LogP contribution in [-0.4, -0.2) is 58.7 Å². The molecule has 1 aliphatic rings. The van der Waals surface area contributed by atoms with Crippen LogP contribution in [0.4, 0.5) is 10.2 Å². The zero-order chi connectivity index (χ0) is 27.0. The van der Waals surface area contributed by atoms with E-state index in [9.17, 15) is 12.8 Å². The second-order valence-electron chi connectivity index (χ2n) is 9.61. The lowest BCUT2D eigenvalue weighted by Crippen LogP contribution is -2.49. The highest BCUT2D eigenvalue weighted by molar-refractivity contribution is 7.89. The molecule has 0 amide bonds. The topological polar surface area (TPSA) is 84.2 Å². The van der Waals surface area contributed by atoms with Crippen molar-refractivity contribution >= 4 is 38.5 Å². The van der Waals surface area contributed by atoms with E-state index >= 15 is 0 Å². The van der Waals surface area contributed by atoms with Gasteiger partial charge in [-0.2, -0.15) is 9.40 Å². The molecule has 0 saturated carbocycles. The average molecular weight is 557 g/mol. The van der Waals surface area contributed by atoms with Gasteiger partial charge in [0.2, 0.25) is 10.0 Å². The Morgan fingerprint density at radius 2 is 1.66 bits per heavy atom. The van der Waals surface area contributed by atoms with Crippen LogP contribution >= 0.6 is 11.6 Å². The van der Waals surface area contributed by atoms with Crippen molar-refractivity contribution in [1.29, 1.82) is 0 Å². The minimum atomic E-state index is -3.63. The first-order chi connectivity index (χ1) is 18.2. The maximum Gasteiger partial charge on any atom is 0.243 e. The van der Waals surface area contributed by atoms with Crippen LogP contribution in [0.2, 0.25) is 5.02 Å². The van der Waals surface area contributed by atoms with E-state index in [1.54, 1.807) is 28.9 Å². The third kappa shape index (κ3) is 5.00. The molecular weight excluding hydrogens is 527 g/mol. The van der Waals surface area contributed by atoms with Crippen LogP contribution in [0.3, 0.4) is 0 Å². The van der Waals surface area contributed by atoms with Gasteiger partial charge in [0.05, 0.1) is 21.7 Å². The number of rotatable bonds is 7. The molecule has 2 aromatic heterocycles. The number of anilines is 1.